The lowest BCUT2D eigenvalue weighted by atomic mass is 9.88. The van der Waals surface area contributed by atoms with Crippen LogP contribution in [0.15, 0.2) is 23.3 Å². The Labute approximate surface area is 125 Å². The van der Waals surface area contributed by atoms with Crippen molar-refractivity contribution in [2.45, 2.75) is 31.8 Å². The summed E-state index contributed by atoms with van der Waals surface area (Å²) in [4.78, 5) is 20.2. The average molecular weight is 308 g/mol. The number of nitrogens with one attached hydrogen (secondary N) is 1. The van der Waals surface area contributed by atoms with Crippen LogP contribution in [0.5, 0.6) is 0 Å². The molecule has 1 aliphatic rings. The Morgan fingerprint density at radius 3 is 2.45 bits per heavy atom. The summed E-state index contributed by atoms with van der Waals surface area (Å²) in [6.07, 6.45) is 4.47. The summed E-state index contributed by atoms with van der Waals surface area (Å²) >= 11 is 0. The molecule has 1 aromatic carbocycles. The van der Waals surface area contributed by atoms with Gasteiger partial charge in [0.1, 0.15) is 5.69 Å². The first-order valence-electron chi connectivity index (χ1n) is 6.87. The highest BCUT2D eigenvalue weighted by atomic mass is 16.6. The van der Waals surface area contributed by atoms with E-state index in [1.165, 1.54) is 12.1 Å². The van der Waals surface area contributed by atoms with Crippen molar-refractivity contribution < 1.29 is 15.0 Å². The number of hydrazone groups is 1. The minimum Gasteiger partial charge on any atom is -0.393 e. The van der Waals surface area contributed by atoms with Gasteiger partial charge in [-0.15, -0.1) is 0 Å². The van der Waals surface area contributed by atoms with Crippen molar-refractivity contribution in [3.8, 4) is 0 Å². The van der Waals surface area contributed by atoms with Gasteiger partial charge in [-0.2, -0.15) is 5.10 Å². The van der Waals surface area contributed by atoms with Crippen LogP contribution in [0.3, 0.4) is 0 Å². The van der Waals surface area contributed by atoms with Gasteiger partial charge in [0, 0.05) is 12.3 Å². The molecule has 0 radical (unpaired) electrons. The van der Waals surface area contributed by atoms with Crippen LogP contribution < -0.4 is 5.43 Å². The summed E-state index contributed by atoms with van der Waals surface area (Å²) in [5, 5.41) is 35.0. The number of rotatable bonds is 5. The van der Waals surface area contributed by atoms with Gasteiger partial charge in [-0.1, -0.05) is 0 Å². The Hall–Kier alpha value is -2.55. The topological polar surface area (TPSA) is 131 Å². The molecule has 0 atom stereocenters. The summed E-state index contributed by atoms with van der Waals surface area (Å²) in [6.45, 7) is 0. The van der Waals surface area contributed by atoms with Gasteiger partial charge in [-0.3, -0.25) is 25.7 Å². The molecule has 0 spiro atoms. The van der Waals surface area contributed by atoms with E-state index in [0.29, 0.717) is 12.8 Å². The second-order valence-electron chi connectivity index (χ2n) is 5.17. The number of aliphatic hydroxyl groups excluding tert-OH is 1. The van der Waals surface area contributed by atoms with E-state index < -0.39 is 15.5 Å². The third-order valence-corrected chi connectivity index (χ3v) is 3.60. The van der Waals surface area contributed by atoms with E-state index in [2.05, 4.69) is 10.5 Å². The zero-order chi connectivity index (χ0) is 16.1. The molecular weight excluding hydrogens is 292 g/mol. The van der Waals surface area contributed by atoms with Crippen LogP contribution in [0.25, 0.3) is 0 Å². The zero-order valence-corrected chi connectivity index (χ0v) is 11.7. The van der Waals surface area contributed by atoms with Gasteiger partial charge in [0.15, 0.2) is 0 Å². The Kier molecular flexibility index (Phi) is 4.99. The van der Waals surface area contributed by atoms with Crippen LogP contribution in [0.4, 0.5) is 17.1 Å². The van der Waals surface area contributed by atoms with Crippen molar-refractivity contribution in [1.82, 2.24) is 0 Å². The smallest absolute Gasteiger partial charge is 0.301 e. The molecule has 9 heteroatoms. The van der Waals surface area contributed by atoms with Gasteiger partial charge in [-0.05, 0) is 37.7 Å². The fraction of sp³-hybridized carbons (Fsp3) is 0.462. The number of hydrogen-bond acceptors (Lipinski definition) is 7. The molecule has 1 saturated carbocycles. The number of nitro groups is 2. The highest BCUT2D eigenvalue weighted by Crippen LogP contribution is 2.29. The second kappa shape index (κ2) is 6.94. The van der Waals surface area contributed by atoms with Crippen LogP contribution in [-0.4, -0.2) is 27.3 Å². The fourth-order valence-corrected chi connectivity index (χ4v) is 2.34. The van der Waals surface area contributed by atoms with Crippen molar-refractivity contribution in [3.63, 3.8) is 0 Å². The predicted molar refractivity (Wildman–Crippen MR) is 79.8 cm³/mol. The van der Waals surface area contributed by atoms with Gasteiger partial charge in [0.2, 0.25) is 0 Å². The number of nitrogens with zero attached hydrogens (tertiary/aromatic N) is 3. The lowest BCUT2D eigenvalue weighted by Gasteiger charge is -2.21. The standard InChI is InChI=1S/C13H16N4O5/c18-11-4-1-9(2-5-11)8-14-15-12-6-3-10(16(19)20)7-13(12)17(21)22/h3,6-9,11,15,18H,1-2,4-5H2. The first-order chi connectivity index (χ1) is 10.5. The second-order valence-corrected chi connectivity index (χ2v) is 5.17. The third-order valence-electron chi connectivity index (χ3n) is 3.60. The summed E-state index contributed by atoms with van der Waals surface area (Å²) in [6, 6.07) is 3.34. The van der Waals surface area contributed by atoms with Crippen molar-refractivity contribution in [2.75, 3.05) is 5.43 Å². The minimum absolute atomic E-state index is 0.0997. The van der Waals surface area contributed by atoms with Crippen LogP contribution in [0.2, 0.25) is 0 Å². The Bertz CT molecular complexity index is 596. The minimum atomic E-state index is -0.693. The molecule has 1 aromatic rings. The number of benzene rings is 1. The van der Waals surface area contributed by atoms with Crippen molar-refractivity contribution in [3.05, 3.63) is 38.4 Å². The maximum atomic E-state index is 11.0. The molecule has 1 aliphatic carbocycles. The highest BCUT2D eigenvalue weighted by molar-refractivity contribution is 5.68. The lowest BCUT2D eigenvalue weighted by Crippen LogP contribution is -2.19. The first kappa shape index (κ1) is 15.8. The normalized spacial score (nSPS) is 21.7. The van der Waals surface area contributed by atoms with Crippen LogP contribution in [0, 0.1) is 26.1 Å². The summed E-state index contributed by atoms with van der Waals surface area (Å²) < 4.78 is 0. The number of anilines is 1. The van der Waals surface area contributed by atoms with Gasteiger partial charge in [0.05, 0.1) is 22.0 Å². The molecule has 0 aliphatic heterocycles. The van der Waals surface area contributed by atoms with Gasteiger partial charge in [-0.25, -0.2) is 0 Å². The molecule has 0 saturated heterocycles. The largest absolute Gasteiger partial charge is 0.393 e. The van der Waals surface area contributed by atoms with Gasteiger partial charge < -0.3 is 5.11 Å². The number of aliphatic hydroxyl groups is 1. The monoisotopic (exact) mass is 308 g/mol. The SMILES string of the molecule is O=[N+]([O-])c1ccc(NN=CC2CCC(O)CC2)c([N+](=O)[O-])c1. The van der Waals surface area contributed by atoms with Gasteiger partial charge in [0.25, 0.3) is 5.69 Å². The lowest BCUT2D eigenvalue weighted by molar-refractivity contribution is -0.393. The molecule has 1 fully saturated rings. The Morgan fingerprint density at radius 1 is 1.18 bits per heavy atom. The first-order valence-corrected chi connectivity index (χ1v) is 6.87. The van der Waals surface area contributed by atoms with E-state index >= 15 is 0 Å². The van der Waals surface area contributed by atoms with Crippen molar-refractivity contribution in [2.24, 2.45) is 11.0 Å². The maximum Gasteiger partial charge on any atom is 0.301 e. The Morgan fingerprint density at radius 2 is 1.86 bits per heavy atom. The molecule has 0 heterocycles. The molecule has 0 amide bonds. The van der Waals surface area contributed by atoms with E-state index in [9.17, 15) is 25.3 Å². The van der Waals surface area contributed by atoms with Gasteiger partial charge >= 0.3 is 5.69 Å². The molecule has 0 unspecified atom stereocenters. The van der Waals surface area contributed by atoms with E-state index in [-0.39, 0.29) is 23.4 Å². The Balaban J connectivity index is 2.06. The van der Waals surface area contributed by atoms with Crippen molar-refractivity contribution in [1.29, 1.82) is 0 Å². The predicted octanol–water partition coefficient (Wildman–Crippen LogP) is 2.45. The molecule has 9 nitrogen and oxygen atoms in total. The van der Waals surface area contributed by atoms with Crippen LogP contribution in [-0.2, 0) is 0 Å². The summed E-state index contributed by atoms with van der Waals surface area (Å²) in [5.41, 5.74) is 1.92. The zero-order valence-electron chi connectivity index (χ0n) is 11.7. The van der Waals surface area contributed by atoms with Crippen LogP contribution in [0.1, 0.15) is 25.7 Å². The number of nitro benzene ring substituents is 2. The molecule has 118 valence electrons. The molecule has 2 N–H and O–H groups in total. The van der Waals surface area contributed by atoms with E-state index in [0.717, 1.165) is 18.9 Å². The third kappa shape index (κ3) is 3.98. The summed E-state index contributed by atoms with van der Waals surface area (Å²) in [5.74, 6) is 0.216. The van der Waals surface area contributed by atoms with Crippen LogP contribution >= 0.6 is 0 Å². The van der Waals surface area contributed by atoms with Crippen molar-refractivity contribution >= 4 is 23.3 Å². The average Bonchev–Trinajstić information content (AvgIpc) is 2.49. The molecule has 22 heavy (non-hydrogen) atoms. The quantitative estimate of drug-likeness (QED) is 0.488. The molecular formula is C13H16N4O5. The highest BCUT2D eigenvalue weighted by Gasteiger charge is 2.20. The molecule has 0 aromatic heterocycles. The van der Waals surface area contributed by atoms with E-state index in [1.54, 1.807) is 6.21 Å². The van der Waals surface area contributed by atoms with E-state index in [4.69, 9.17) is 0 Å². The fourth-order valence-electron chi connectivity index (χ4n) is 2.34. The molecule has 0 bridgehead atoms. The summed E-state index contributed by atoms with van der Waals surface area (Å²) in [7, 11) is 0. The number of non-ortho nitro benzene ring substituents is 1. The maximum absolute atomic E-state index is 11.0. The molecule has 2 rings (SSSR count). The number of hydrogen-bond donors (Lipinski definition) is 2. The van der Waals surface area contributed by atoms with E-state index in [1.807, 2.05) is 0 Å².